The van der Waals surface area contributed by atoms with Gasteiger partial charge in [-0.15, -0.1) is 11.3 Å². The zero-order valence-corrected chi connectivity index (χ0v) is 16.3. The number of rotatable bonds is 4. The van der Waals surface area contributed by atoms with E-state index < -0.39 is 12.0 Å². The summed E-state index contributed by atoms with van der Waals surface area (Å²) in [4.78, 5) is 39.1. The van der Waals surface area contributed by atoms with Crippen molar-refractivity contribution in [3.05, 3.63) is 59.5 Å². The van der Waals surface area contributed by atoms with Gasteiger partial charge in [-0.1, -0.05) is 0 Å². The molecular formula is C20H13N5O4S. The SMILES string of the molecule is Cc1ccc(Oc2ccc(N3C(=O)Nc4c(C(=O)O)sc5nccc3c45)nc2)cn1. The van der Waals surface area contributed by atoms with E-state index in [0.717, 1.165) is 17.0 Å². The van der Waals surface area contributed by atoms with Crippen LogP contribution in [0.5, 0.6) is 11.5 Å². The summed E-state index contributed by atoms with van der Waals surface area (Å²) in [5.74, 6) is 0.318. The smallest absolute Gasteiger partial charge is 0.348 e. The second-order valence-corrected chi connectivity index (χ2v) is 7.48. The lowest BCUT2D eigenvalue weighted by molar-refractivity contribution is 0.0703. The highest BCUT2D eigenvalue weighted by molar-refractivity contribution is 7.21. The Labute approximate surface area is 173 Å². The number of hydrogen-bond donors (Lipinski definition) is 2. The molecule has 2 amide bonds. The zero-order chi connectivity index (χ0) is 20.8. The number of ether oxygens (including phenoxy) is 1. The molecule has 1 aliphatic rings. The van der Waals surface area contributed by atoms with Crippen LogP contribution in [0.2, 0.25) is 0 Å². The first-order chi connectivity index (χ1) is 14.5. The molecule has 10 heteroatoms. The highest BCUT2D eigenvalue weighted by atomic mass is 32.1. The standard InChI is InChI=1S/C20H13N5O4S/c1-10-2-3-11(8-22-10)29-12-4-5-14(23-9-12)25-13-6-7-21-18-15(13)16(24-20(25)28)17(30-18)19(26)27/h2-9H,1H3,(H,24,28)(H,26,27). The third kappa shape index (κ3) is 2.90. The molecule has 0 spiro atoms. The largest absolute Gasteiger partial charge is 0.477 e. The van der Waals surface area contributed by atoms with E-state index >= 15 is 0 Å². The second kappa shape index (κ2) is 6.78. The van der Waals surface area contributed by atoms with Crippen LogP contribution in [0.25, 0.3) is 10.2 Å². The van der Waals surface area contributed by atoms with E-state index in [2.05, 4.69) is 20.3 Å². The number of carbonyl (C=O) groups is 2. The quantitative estimate of drug-likeness (QED) is 0.497. The molecule has 0 atom stereocenters. The monoisotopic (exact) mass is 419 g/mol. The molecule has 0 unspecified atom stereocenters. The van der Waals surface area contributed by atoms with Crippen LogP contribution >= 0.6 is 11.3 Å². The van der Waals surface area contributed by atoms with Crippen LogP contribution in [-0.2, 0) is 0 Å². The molecule has 0 aromatic carbocycles. The Morgan fingerprint density at radius 2 is 1.87 bits per heavy atom. The Morgan fingerprint density at radius 3 is 2.53 bits per heavy atom. The van der Waals surface area contributed by atoms with Crippen molar-refractivity contribution in [2.45, 2.75) is 6.92 Å². The van der Waals surface area contributed by atoms with Crippen LogP contribution in [0, 0.1) is 6.92 Å². The predicted octanol–water partition coefficient (Wildman–Crippen LogP) is 4.57. The number of carboxylic acid groups (broad SMARTS) is 1. The Balaban J connectivity index is 1.51. The lowest BCUT2D eigenvalue weighted by atomic mass is 10.1. The third-order valence-electron chi connectivity index (χ3n) is 4.51. The number of amides is 2. The van der Waals surface area contributed by atoms with Gasteiger partial charge in [-0.2, -0.15) is 0 Å². The van der Waals surface area contributed by atoms with E-state index in [9.17, 15) is 14.7 Å². The van der Waals surface area contributed by atoms with Gasteiger partial charge in [0.1, 0.15) is 27.0 Å². The van der Waals surface area contributed by atoms with E-state index in [1.165, 1.54) is 17.3 Å². The number of pyridine rings is 3. The summed E-state index contributed by atoms with van der Waals surface area (Å²) in [6, 6.07) is 8.15. The van der Waals surface area contributed by atoms with Crippen LogP contribution in [0.4, 0.5) is 22.0 Å². The molecular weight excluding hydrogens is 406 g/mol. The Hall–Kier alpha value is -4.05. The molecule has 4 aromatic heterocycles. The number of aryl methyl sites for hydroxylation is 1. The van der Waals surface area contributed by atoms with Crippen molar-refractivity contribution < 1.29 is 19.4 Å². The Kier molecular flexibility index (Phi) is 4.07. The van der Waals surface area contributed by atoms with E-state index in [1.807, 2.05) is 13.0 Å². The fourth-order valence-electron chi connectivity index (χ4n) is 3.18. The van der Waals surface area contributed by atoms with E-state index in [1.54, 1.807) is 30.5 Å². The van der Waals surface area contributed by atoms with Gasteiger partial charge in [-0.25, -0.2) is 24.5 Å². The molecule has 0 fully saturated rings. The maximum Gasteiger partial charge on any atom is 0.348 e. The number of carboxylic acids is 1. The van der Waals surface area contributed by atoms with Crippen LogP contribution in [0.3, 0.4) is 0 Å². The van der Waals surface area contributed by atoms with Gasteiger partial charge in [-0.05, 0) is 37.3 Å². The number of anilines is 3. The lowest BCUT2D eigenvalue weighted by Crippen LogP contribution is -2.34. The summed E-state index contributed by atoms with van der Waals surface area (Å²) < 4.78 is 5.73. The molecule has 5 heterocycles. The van der Waals surface area contributed by atoms with E-state index in [0.29, 0.717) is 33.2 Å². The lowest BCUT2D eigenvalue weighted by Gasteiger charge is -2.27. The molecule has 0 bridgehead atoms. The van der Waals surface area contributed by atoms with Gasteiger partial charge < -0.3 is 15.2 Å². The van der Waals surface area contributed by atoms with Crippen molar-refractivity contribution in [1.82, 2.24) is 15.0 Å². The number of hydrogen-bond acceptors (Lipinski definition) is 7. The van der Waals surface area contributed by atoms with Crippen molar-refractivity contribution in [3.8, 4) is 11.5 Å². The average Bonchev–Trinajstić information content (AvgIpc) is 3.11. The average molecular weight is 419 g/mol. The molecule has 0 saturated carbocycles. The minimum absolute atomic E-state index is 0.0429. The van der Waals surface area contributed by atoms with Crippen molar-refractivity contribution in [3.63, 3.8) is 0 Å². The number of nitrogens with zero attached hydrogens (tertiary/aromatic N) is 4. The molecule has 5 rings (SSSR count). The minimum Gasteiger partial charge on any atom is -0.477 e. The van der Waals surface area contributed by atoms with Crippen molar-refractivity contribution in [1.29, 1.82) is 0 Å². The number of nitrogens with one attached hydrogen (secondary N) is 1. The number of aromatic nitrogens is 3. The van der Waals surface area contributed by atoms with Gasteiger partial charge >= 0.3 is 12.0 Å². The fourth-order valence-corrected chi connectivity index (χ4v) is 4.14. The van der Waals surface area contributed by atoms with Gasteiger partial charge in [0.05, 0.1) is 29.2 Å². The first-order valence-electron chi connectivity index (χ1n) is 8.84. The molecule has 30 heavy (non-hydrogen) atoms. The summed E-state index contributed by atoms with van der Waals surface area (Å²) in [6.07, 6.45) is 4.66. The highest BCUT2D eigenvalue weighted by Crippen LogP contribution is 2.45. The summed E-state index contributed by atoms with van der Waals surface area (Å²) in [6.45, 7) is 1.89. The van der Waals surface area contributed by atoms with Gasteiger partial charge in [0.25, 0.3) is 0 Å². The topological polar surface area (TPSA) is 118 Å². The molecule has 2 N–H and O–H groups in total. The third-order valence-corrected chi connectivity index (χ3v) is 5.60. The zero-order valence-electron chi connectivity index (χ0n) is 15.5. The van der Waals surface area contributed by atoms with Gasteiger partial charge in [-0.3, -0.25) is 4.98 Å². The molecule has 0 saturated heterocycles. The maximum atomic E-state index is 12.8. The molecule has 4 aromatic rings. The molecule has 148 valence electrons. The molecule has 0 radical (unpaired) electrons. The molecule has 9 nitrogen and oxygen atoms in total. The first kappa shape index (κ1) is 18.0. The normalized spacial score (nSPS) is 12.7. The van der Waals surface area contributed by atoms with Gasteiger partial charge in [0.2, 0.25) is 0 Å². The van der Waals surface area contributed by atoms with Crippen molar-refractivity contribution >= 4 is 50.7 Å². The fraction of sp³-hybridized carbons (Fsp3) is 0.0500. The highest BCUT2D eigenvalue weighted by Gasteiger charge is 2.33. The predicted molar refractivity (Wildman–Crippen MR) is 111 cm³/mol. The minimum atomic E-state index is -1.11. The number of carbonyl (C=O) groups excluding carboxylic acids is 1. The maximum absolute atomic E-state index is 12.8. The van der Waals surface area contributed by atoms with E-state index in [-0.39, 0.29) is 10.6 Å². The van der Waals surface area contributed by atoms with E-state index in [4.69, 9.17) is 4.74 Å². The number of aromatic carboxylic acids is 1. The summed E-state index contributed by atoms with van der Waals surface area (Å²) >= 11 is 1.02. The van der Waals surface area contributed by atoms with Crippen LogP contribution < -0.4 is 15.0 Å². The first-order valence-corrected chi connectivity index (χ1v) is 9.65. The van der Waals surface area contributed by atoms with Crippen molar-refractivity contribution in [2.24, 2.45) is 0 Å². The summed E-state index contributed by atoms with van der Waals surface area (Å²) in [5.41, 5.74) is 1.67. The molecule has 1 aliphatic heterocycles. The summed E-state index contributed by atoms with van der Waals surface area (Å²) in [7, 11) is 0. The van der Waals surface area contributed by atoms with Crippen LogP contribution in [0.15, 0.2) is 48.9 Å². The number of thiophene rings is 1. The second-order valence-electron chi connectivity index (χ2n) is 6.48. The van der Waals surface area contributed by atoms with Crippen molar-refractivity contribution in [2.75, 3.05) is 10.2 Å². The Bertz CT molecular complexity index is 1300. The Morgan fingerprint density at radius 1 is 1.10 bits per heavy atom. The van der Waals surface area contributed by atoms with Gasteiger partial charge in [0, 0.05) is 11.9 Å². The van der Waals surface area contributed by atoms with Gasteiger partial charge in [0.15, 0.2) is 0 Å². The van der Waals surface area contributed by atoms with Crippen LogP contribution in [-0.4, -0.2) is 32.1 Å². The van der Waals surface area contributed by atoms with Crippen LogP contribution in [0.1, 0.15) is 15.4 Å². The number of urea groups is 1. The molecule has 0 aliphatic carbocycles. The summed E-state index contributed by atoms with van der Waals surface area (Å²) in [5, 5.41) is 12.7.